The molecule has 2 heterocycles. The molecule has 0 unspecified atom stereocenters. The predicted molar refractivity (Wildman–Crippen MR) is 72.4 cm³/mol. The van der Waals surface area contributed by atoms with E-state index in [2.05, 4.69) is 15.1 Å². The Morgan fingerprint density at radius 3 is 2.47 bits per heavy atom. The molecule has 2 aromatic rings. The van der Waals surface area contributed by atoms with E-state index in [0.717, 1.165) is 24.4 Å². The van der Waals surface area contributed by atoms with Crippen molar-refractivity contribution in [1.82, 2.24) is 10.2 Å². The summed E-state index contributed by atoms with van der Waals surface area (Å²) in [5, 5.41) is 8.25. The van der Waals surface area contributed by atoms with Crippen molar-refractivity contribution < 1.29 is 9.15 Å². The average molecular weight is 259 g/mol. The van der Waals surface area contributed by atoms with Crippen LogP contribution in [0.4, 0.5) is 6.01 Å². The van der Waals surface area contributed by atoms with E-state index in [9.17, 15) is 0 Å². The highest BCUT2D eigenvalue weighted by Crippen LogP contribution is 2.25. The van der Waals surface area contributed by atoms with Crippen molar-refractivity contribution >= 4 is 6.01 Å². The van der Waals surface area contributed by atoms with Crippen LogP contribution in [0.1, 0.15) is 19.3 Å². The molecule has 0 radical (unpaired) electrons. The van der Waals surface area contributed by atoms with Crippen LogP contribution in [0.2, 0.25) is 0 Å². The van der Waals surface area contributed by atoms with Gasteiger partial charge in [-0.3, -0.25) is 0 Å². The molecule has 1 aromatic heterocycles. The summed E-state index contributed by atoms with van der Waals surface area (Å²) < 4.78 is 10.9. The fraction of sp³-hybridized carbons (Fsp3) is 0.429. The van der Waals surface area contributed by atoms with E-state index in [0.29, 0.717) is 11.9 Å². The molecule has 100 valence electrons. The van der Waals surface area contributed by atoms with Crippen LogP contribution in [0, 0.1) is 0 Å². The van der Waals surface area contributed by atoms with Gasteiger partial charge in [0, 0.05) is 18.7 Å². The Morgan fingerprint density at radius 2 is 1.79 bits per heavy atom. The van der Waals surface area contributed by atoms with Crippen LogP contribution in [-0.4, -0.2) is 30.4 Å². The zero-order valence-corrected chi connectivity index (χ0v) is 11.0. The van der Waals surface area contributed by atoms with Crippen LogP contribution in [-0.2, 0) is 0 Å². The maximum atomic E-state index is 5.75. The topological polar surface area (TPSA) is 51.4 Å². The van der Waals surface area contributed by atoms with Gasteiger partial charge in [-0.05, 0) is 43.5 Å². The molecule has 5 heteroatoms. The van der Waals surface area contributed by atoms with Crippen LogP contribution in [0.5, 0.6) is 5.75 Å². The van der Waals surface area contributed by atoms with E-state index in [1.165, 1.54) is 19.3 Å². The van der Waals surface area contributed by atoms with Gasteiger partial charge in [0.15, 0.2) is 0 Å². The number of aromatic nitrogens is 2. The summed E-state index contributed by atoms with van der Waals surface area (Å²) >= 11 is 0. The Hall–Kier alpha value is -2.04. The number of ether oxygens (including phenoxy) is 1. The molecule has 1 fully saturated rings. The first-order valence-electron chi connectivity index (χ1n) is 6.60. The Labute approximate surface area is 112 Å². The van der Waals surface area contributed by atoms with Crippen LogP contribution in [0.25, 0.3) is 11.5 Å². The lowest BCUT2D eigenvalue weighted by Gasteiger charge is -2.24. The van der Waals surface area contributed by atoms with Gasteiger partial charge in [0.05, 0.1) is 7.11 Å². The van der Waals surface area contributed by atoms with E-state index >= 15 is 0 Å². The zero-order valence-electron chi connectivity index (χ0n) is 11.0. The van der Waals surface area contributed by atoms with Crippen LogP contribution in [0.15, 0.2) is 28.7 Å². The van der Waals surface area contributed by atoms with Gasteiger partial charge in [-0.1, -0.05) is 5.10 Å². The third kappa shape index (κ3) is 2.54. The van der Waals surface area contributed by atoms with Gasteiger partial charge in [-0.25, -0.2) is 0 Å². The molecular formula is C14H17N3O2. The first-order chi connectivity index (χ1) is 9.36. The molecule has 0 spiro atoms. The summed E-state index contributed by atoms with van der Waals surface area (Å²) in [5.41, 5.74) is 0.913. The molecule has 0 N–H and O–H groups in total. The van der Waals surface area contributed by atoms with Gasteiger partial charge in [-0.15, -0.1) is 5.10 Å². The lowest BCUT2D eigenvalue weighted by Crippen LogP contribution is -2.29. The fourth-order valence-electron chi connectivity index (χ4n) is 2.28. The summed E-state index contributed by atoms with van der Waals surface area (Å²) in [6, 6.07) is 8.25. The Bertz CT molecular complexity index is 530. The van der Waals surface area contributed by atoms with Crippen LogP contribution >= 0.6 is 0 Å². The average Bonchev–Trinajstić information content (AvgIpc) is 2.98. The first kappa shape index (κ1) is 12.0. The van der Waals surface area contributed by atoms with E-state index < -0.39 is 0 Å². The maximum absolute atomic E-state index is 5.75. The van der Waals surface area contributed by atoms with Gasteiger partial charge in [0.2, 0.25) is 5.89 Å². The minimum Gasteiger partial charge on any atom is -0.497 e. The van der Waals surface area contributed by atoms with E-state index in [1.807, 2.05) is 24.3 Å². The maximum Gasteiger partial charge on any atom is 0.318 e. The number of methoxy groups -OCH3 is 1. The SMILES string of the molecule is COc1ccc(-c2nnc(N3CCCCC3)o2)cc1. The monoisotopic (exact) mass is 259 g/mol. The van der Waals surface area contributed by atoms with Crippen molar-refractivity contribution in [3.8, 4) is 17.2 Å². The standard InChI is InChI=1S/C14H17N3O2/c1-18-12-7-5-11(6-8-12)13-15-16-14(19-13)17-9-3-2-4-10-17/h5-8H,2-4,9-10H2,1H3. The fourth-order valence-corrected chi connectivity index (χ4v) is 2.28. The lowest BCUT2D eigenvalue weighted by atomic mass is 10.1. The Balaban J connectivity index is 1.79. The second-order valence-electron chi connectivity index (χ2n) is 4.67. The van der Waals surface area contributed by atoms with Crippen molar-refractivity contribution in [2.45, 2.75) is 19.3 Å². The molecule has 0 bridgehead atoms. The van der Waals surface area contributed by atoms with Gasteiger partial charge in [0.25, 0.3) is 0 Å². The molecule has 1 saturated heterocycles. The second kappa shape index (κ2) is 5.30. The molecule has 0 aliphatic carbocycles. The number of anilines is 1. The number of rotatable bonds is 3. The Morgan fingerprint density at radius 1 is 1.05 bits per heavy atom. The summed E-state index contributed by atoms with van der Waals surface area (Å²) in [7, 11) is 1.65. The third-order valence-corrected chi connectivity index (χ3v) is 3.38. The number of hydrogen-bond donors (Lipinski definition) is 0. The van der Waals surface area contributed by atoms with Gasteiger partial charge >= 0.3 is 6.01 Å². The molecule has 1 aliphatic rings. The molecular weight excluding hydrogens is 242 g/mol. The normalized spacial score (nSPS) is 15.5. The van der Waals surface area contributed by atoms with Crippen LogP contribution < -0.4 is 9.64 Å². The molecule has 19 heavy (non-hydrogen) atoms. The van der Waals surface area contributed by atoms with Crippen molar-refractivity contribution in [3.63, 3.8) is 0 Å². The molecule has 0 saturated carbocycles. The minimum atomic E-state index is 0.559. The van der Waals surface area contributed by atoms with Crippen molar-refractivity contribution in [1.29, 1.82) is 0 Å². The van der Waals surface area contributed by atoms with Crippen molar-refractivity contribution in [2.24, 2.45) is 0 Å². The number of hydrogen-bond acceptors (Lipinski definition) is 5. The van der Waals surface area contributed by atoms with E-state index in [-0.39, 0.29) is 0 Å². The molecule has 1 aliphatic heterocycles. The summed E-state index contributed by atoms with van der Waals surface area (Å²) in [6.07, 6.45) is 3.68. The molecule has 0 amide bonds. The van der Waals surface area contributed by atoms with Gasteiger partial charge in [-0.2, -0.15) is 0 Å². The zero-order chi connectivity index (χ0) is 13.1. The number of piperidine rings is 1. The summed E-state index contributed by atoms with van der Waals surface area (Å²) in [4.78, 5) is 2.16. The van der Waals surface area contributed by atoms with Crippen molar-refractivity contribution in [2.75, 3.05) is 25.1 Å². The smallest absolute Gasteiger partial charge is 0.318 e. The number of benzene rings is 1. The molecule has 1 aromatic carbocycles. The minimum absolute atomic E-state index is 0.559. The molecule has 0 atom stereocenters. The van der Waals surface area contributed by atoms with E-state index in [4.69, 9.17) is 9.15 Å². The molecule has 3 rings (SSSR count). The number of nitrogens with zero attached hydrogens (tertiary/aromatic N) is 3. The lowest BCUT2D eigenvalue weighted by molar-refractivity contribution is 0.415. The van der Waals surface area contributed by atoms with Crippen LogP contribution in [0.3, 0.4) is 0 Å². The van der Waals surface area contributed by atoms with Crippen molar-refractivity contribution in [3.05, 3.63) is 24.3 Å². The first-order valence-corrected chi connectivity index (χ1v) is 6.60. The van der Waals surface area contributed by atoms with Gasteiger partial charge in [0.1, 0.15) is 5.75 Å². The highest BCUT2D eigenvalue weighted by Gasteiger charge is 2.17. The Kier molecular flexibility index (Phi) is 3.35. The van der Waals surface area contributed by atoms with E-state index in [1.54, 1.807) is 7.11 Å². The summed E-state index contributed by atoms with van der Waals surface area (Å²) in [5.74, 6) is 1.38. The van der Waals surface area contributed by atoms with Gasteiger partial charge < -0.3 is 14.1 Å². The second-order valence-corrected chi connectivity index (χ2v) is 4.67. The third-order valence-electron chi connectivity index (χ3n) is 3.38. The quantitative estimate of drug-likeness (QED) is 0.848. The molecule has 5 nitrogen and oxygen atoms in total. The predicted octanol–water partition coefficient (Wildman–Crippen LogP) is 2.74. The highest BCUT2D eigenvalue weighted by atomic mass is 16.5. The summed E-state index contributed by atoms with van der Waals surface area (Å²) in [6.45, 7) is 2.01. The highest BCUT2D eigenvalue weighted by molar-refractivity contribution is 5.55. The largest absolute Gasteiger partial charge is 0.497 e.